The van der Waals surface area contributed by atoms with Crippen molar-refractivity contribution in [3.8, 4) is 11.9 Å². The van der Waals surface area contributed by atoms with Crippen molar-refractivity contribution in [2.75, 3.05) is 7.11 Å². The summed E-state index contributed by atoms with van der Waals surface area (Å²) in [6, 6.07) is 3.54. The molecule has 0 saturated carbocycles. The molecule has 5 heteroatoms. The number of methoxy groups -OCH3 is 1. The highest BCUT2D eigenvalue weighted by Crippen LogP contribution is 2.27. The van der Waals surface area contributed by atoms with Crippen LogP contribution in [0.25, 0.3) is 0 Å². The molecule has 74 valence electrons. The Morgan fingerprint density at radius 3 is 3.07 bits per heavy atom. The molecule has 2 N–H and O–H groups in total. The Morgan fingerprint density at radius 2 is 2.50 bits per heavy atom. The van der Waals surface area contributed by atoms with Gasteiger partial charge in [0.05, 0.1) is 19.6 Å². The van der Waals surface area contributed by atoms with E-state index >= 15 is 0 Å². The van der Waals surface area contributed by atoms with Crippen LogP contribution in [0.2, 0.25) is 0 Å². The number of ether oxygens (including phenoxy) is 1. The first-order valence-corrected chi connectivity index (χ1v) is 5.09. The van der Waals surface area contributed by atoms with Crippen LogP contribution in [0.4, 0.5) is 0 Å². The minimum absolute atomic E-state index is 0.262. The molecule has 14 heavy (non-hydrogen) atoms. The molecule has 1 heterocycles. The third-order valence-corrected chi connectivity index (χ3v) is 2.72. The van der Waals surface area contributed by atoms with Gasteiger partial charge in [0.2, 0.25) is 5.88 Å². The van der Waals surface area contributed by atoms with Gasteiger partial charge in [-0.3, -0.25) is 0 Å². The highest BCUT2D eigenvalue weighted by Gasteiger charge is 2.15. The fraction of sp³-hybridized carbons (Fsp3) is 0.333. The molecule has 0 aromatic carbocycles. The molecular formula is C9H10IN3O. The van der Waals surface area contributed by atoms with E-state index in [4.69, 9.17) is 15.7 Å². The fourth-order valence-corrected chi connectivity index (χ4v) is 1.92. The molecule has 4 nitrogen and oxygen atoms in total. The van der Waals surface area contributed by atoms with Gasteiger partial charge in [0.15, 0.2) is 0 Å². The SMILES string of the molecule is COc1nccc(I)c1C(N)CC#N. The standard InChI is InChI=1S/C9H10IN3O/c1-14-9-8(7(12)2-4-11)6(10)3-5-13-9/h3,5,7H,2,12H2,1H3. The van der Waals surface area contributed by atoms with Gasteiger partial charge in [-0.1, -0.05) is 0 Å². The van der Waals surface area contributed by atoms with Crippen LogP contribution in [0.3, 0.4) is 0 Å². The Morgan fingerprint density at radius 1 is 1.79 bits per heavy atom. The van der Waals surface area contributed by atoms with Crippen LogP contribution >= 0.6 is 22.6 Å². The summed E-state index contributed by atoms with van der Waals surface area (Å²) in [4.78, 5) is 4.04. The summed E-state index contributed by atoms with van der Waals surface area (Å²) in [5.41, 5.74) is 6.64. The molecule has 0 aliphatic rings. The lowest BCUT2D eigenvalue weighted by molar-refractivity contribution is 0.388. The van der Waals surface area contributed by atoms with Gasteiger partial charge in [0, 0.05) is 21.4 Å². The number of hydrogen-bond donors (Lipinski definition) is 1. The summed E-state index contributed by atoms with van der Waals surface area (Å²) in [6.07, 6.45) is 1.92. The van der Waals surface area contributed by atoms with Crippen LogP contribution < -0.4 is 10.5 Å². The smallest absolute Gasteiger partial charge is 0.218 e. The average molecular weight is 303 g/mol. The summed E-state index contributed by atoms with van der Waals surface area (Å²) in [7, 11) is 1.54. The molecule has 1 rings (SSSR count). The quantitative estimate of drug-likeness (QED) is 0.861. The van der Waals surface area contributed by atoms with E-state index in [1.165, 1.54) is 0 Å². The van der Waals surface area contributed by atoms with Crippen molar-refractivity contribution in [2.45, 2.75) is 12.5 Å². The fourth-order valence-electron chi connectivity index (χ4n) is 1.13. The molecule has 0 bridgehead atoms. The van der Waals surface area contributed by atoms with Gasteiger partial charge in [0.1, 0.15) is 0 Å². The number of pyridine rings is 1. The number of nitrogens with two attached hydrogens (primary N) is 1. The molecule has 1 aromatic heterocycles. The highest BCUT2D eigenvalue weighted by molar-refractivity contribution is 14.1. The Hall–Kier alpha value is -0.870. The van der Waals surface area contributed by atoms with Crippen molar-refractivity contribution >= 4 is 22.6 Å². The van der Waals surface area contributed by atoms with E-state index in [1.54, 1.807) is 13.3 Å². The first-order chi connectivity index (χ1) is 6.70. The van der Waals surface area contributed by atoms with Crippen molar-refractivity contribution in [3.05, 3.63) is 21.4 Å². The number of rotatable bonds is 3. The maximum absolute atomic E-state index is 8.56. The van der Waals surface area contributed by atoms with Gasteiger partial charge in [0.25, 0.3) is 0 Å². The summed E-state index contributed by atoms with van der Waals surface area (Å²) in [5.74, 6) is 0.500. The number of aromatic nitrogens is 1. The van der Waals surface area contributed by atoms with Crippen LogP contribution in [-0.4, -0.2) is 12.1 Å². The van der Waals surface area contributed by atoms with Crippen LogP contribution in [0.1, 0.15) is 18.0 Å². The zero-order valence-electron chi connectivity index (χ0n) is 7.70. The normalized spacial score (nSPS) is 11.9. The molecule has 0 spiro atoms. The van der Waals surface area contributed by atoms with E-state index in [0.717, 1.165) is 9.13 Å². The molecule has 0 fully saturated rings. The van der Waals surface area contributed by atoms with Crippen LogP contribution in [0.5, 0.6) is 5.88 Å². The summed E-state index contributed by atoms with van der Waals surface area (Å²) in [6.45, 7) is 0. The third kappa shape index (κ3) is 2.33. The number of nitriles is 1. The molecule has 1 aromatic rings. The zero-order chi connectivity index (χ0) is 10.6. The van der Waals surface area contributed by atoms with Gasteiger partial charge in [-0.15, -0.1) is 0 Å². The molecule has 0 saturated heterocycles. The van der Waals surface area contributed by atoms with Crippen LogP contribution in [0.15, 0.2) is 12.3 Å². The van der Waals surface area contributed by atoms with Gasteiger partial charge in [-0.2, -0.15) is 5.26 Å². The van der Waals surface area contributed by atoms with Crippen LogP contribution in [0, 0.1) is 14.9 Å². The molecule has 0 aliphatic carbocycles. The molecule has 0 aliphatic heterocycles. The lowest BCUT2D eigenvalue weighted by Crippen LogP contribution is -2.13. The second-order valence-electron chi connectivity index (χ2n) is 2.68. The number of halogens is 1. The highest BCUT2D eigenvalue weighted by atomic mass is 127. The van der Waals surface area contributed by atoms with Gasteiger partial charge in [-0.25, -0.2) is 4.98 Å². The minimum Gasteiger partial charge on any atom is -0.481 e. The Bertz CT molecular complexity index is 362. The monoisotopic (exact) mass is 303 g/mol. The van der Waals surface area contributed by atoms with E-state index in [1.807, 2.05) is 12.1 Å². The van der Waals surface area contributed by atoms with Crippen molar-refractivity contribution < 1.29 is 4.74 Å². The topological polar surface area (TPSA) is 71.9 Å². The largest absolute Gasteiger partial charge is 0.481 e. The van der Waals surface area contributed by atoms with Gasteiger partial charge < -0.3 is 10.5 Å². The van der Waals surface area contributed by atoms with Gasteiger partial charge in [-0.05, 0) is 28.7 Å². The first-order valence-electron chi connectivity index (χ1n) is 4.01. The summed E-state index contributed by atoms with van der Waals surface area (Å²) < 4.78 is 6.06. The van der Waals surface area contributed by atoms with Crippen molar-refractivity contribution in [1.29, 1.82) is 5.26 Å². The second-order valence-corrected chi connectivity index (χ2v) is 3.85. The minimum atomic E-state index is -0.337. The van der Waals surface area contributed by atoms with E-state index in [9.17, 15) is 0 Å². The predicted molar refractivity (Wildman–Crippen MR) is 60.7 cm³/mol. The number of nitrogens with zero attached hydrogens (tertiary/aromatic N) is 2. The molecular weight excluding hydrogens is 293 g/mol. The molecule has 1 atom stereocenters. The molecule has 1 unspecified atom stereocenters. The van der Waals surface area contributed by atoms with E-state index in [-0.39, 0.29) is 12.5 Å². The lowest BCUT2D eigenvalue weighted by Gasteiger charge is -2.13. The maximum atomic E-state index is 8.56. The second kappa shape index (κ2) is 5.12. The van der Waals surface area contributed by atoms with Crippen molar-refractivity contribution in [3.63, 3.8) is 0 Å². The lowest BCUT2D eigenvalue weighted by atomic mass is 10.1. The predicted octanol–water partition coefficient (Wildman–Crippen LogP) is 1.61. The maximum Gasteiger partial charge on any atom is 0.218 e. The Kier molecular flexibility index (Phi) is 4.10. The van der Waals surface area contributed by atoms with E-state index < -0.39 is 0 Å². The van der Waals surface area contributed by atoms with E-state index in [2.05, 4.69) is 27.6 Å². The first kappa shape index (κ1) is 11.2. The summed E-state index contributed by atoms with van der Waals surface area (Å²) >= 11 is 2.15. The number of hydrogen-bond acceptors (Lipinski definition) is 4. The zero-order valence-corrected chi connectivity index (χ0v) is 9.85. The summed E-state index contributed by atoms with van der Waals surface area (Å²) in [5, 5.41) is 8.56. The third-order valence-electron chi connectivity index (χ3n) is 1.78. The van der Waals surface area contributed by atoms with Gasteiger partial charge >= 0.3 is 0 Å². The Balaban J connectivity index is 3.11. The molecule has 0 amide bonds. The van der Waals surface area contributed by atoms with E-state index in [0.29, 0.717) is 5.88 Å². The van der Waals surface area contributed by atoms with Crippen LogP contribution in [-0.2, 0) is 0 Å². The van der Waals surface area contributed by atoms with Crippen molar-refractivity contribution in [2.24, 2.45) is 5.73 Å². The average Bonchev–Trinajstić information content (AvgIpc) is 2.17. The van der Waals surface area contributed by atoms with Crippen molar-refractivity contribution in [1.82, 2.24) is 4.98 Å². The molecule has 0 radical (unpaired) electrons. The Labute approximate surface area is 96.2 Å².